The first-order valence-corrected chi connectivity index (χ1v) is 6.92. The van der Waals surface area contributed by atoms with Crippen molar-refractivity contribution in [2.75, 3.05) is 0 Å². The molecule has 0 spiro atoms. The topological polar surface area (TPSA) is 30.2 Å². The molecule has 0 N–H and O–H groups in total. The average Bonchev–Trinajstić information content (AvgIpc) is 2.95. The maximum Gasteiger partial charge on any atom is 0.150 e. The third-order valence-electron chi connectivity index (χ3n) is 3.74. The highest BCUT2D eigenvalue weighted by Crippen LogP contribution is 2.34. The molecule has 1 atom stereocenters. The first-order valence-electron chi connectivity index (χ1n) is 6.92. The summed E-state index contributed by atoms with van der Waals surface area (Å²) in [6.07, 6.45) is 4.44. The second-order valence-electron chi connectivity index (χ2n) is 5.14. The molecule has 0 fully saturated rings. The van der Waals surface area contributed by atoms with Gasteiger partial charge in [-0.1, -0.05) is 54.6 Å². The van der Waals surface area contributed by atoms with Crippen molar-refractivity contribution in [1.29, 1.82) is 0 Å². The van der Waals surface area contributed by atoms with Crippen LogP contribution in [0.2, 0.25) is 0 Å². The normalized spacial score (nSPS) is 12.0. The number of carbonyl (C=O) groups excluding carboxylic acids is 1. The average molecular weight is 276 g/mol. The van der Waals surface area contributed by atoms with Crippen LogP contribution in [0, 0.1) is 6.92 Å². The smallest absolute Gasteiger partial charge is 0.150 e. The first kappa shape index (κ1) is 13.4. The van der Waals surface area contributed by atoms with Gasteiger partial charge in [-0.2, -0.15) is 0 Å². The molecule has 2 heteroatoms. The summed E-state index contributed by atoms with van der Waals surface area (Å²) in [7, 11) is 0. The lowest BCUT2D eigenvalue weighted by atomic mass is 9.85. The van der Waals surface area contributed by atoms with E-state index in [4.69, 9.17) is 4.42 Å². The van der Waals surface area contributed by atoms with E-state index < -0.39 is 0 Å². The highest BCUT2D eigenvalue weighted by Gasteiger charge is 2.19. The van der Waals surface area contributed by atoms with Gasteiger partial charge in [-0.3, -0.25) is 4.79 Å². The van der Waals surface area contributed by atoms with Gasteiger partial charge in [0.05, 0.1) is 12.5 Å². The Bertz CT molecular complexity index is 724. The highest BCUT2D eigenvalue weighted by molar-refractivity contribution is 5.74. The monoisotopic (exact) mass is 276 g/mol. The van der Waals surface area contributed by atoms with E-state index in [1.54, 1.807) is 12.5 Å². The van der Waals surface area contributed by atoms with Crippen molar-refractivity contribution in [2.45, 2.75) is 12.8 Å². The van der Waals surface area contributed by atoms with Crippen molar-refractivity contribution in [3.05, 3.63) is 94.9 Å². The Morgan fingerprint density at radius 3 is 2.14 bits per heavy atom. The maximum atomic E-state index is 10.8. The van der Waals surface area contributed by atoms with Gasteiger partial charge < -0.3 is 4.42 Å². The van der Waals surface area contributed by atoms with Crippen molar-refractivity contribution >= 4 is 6.29 Å². The molecule has 1 aromatic heterocycles. The molecule has 2 aromatic carbocycles. The first-order chi connectivity index (χ1) is 10.3. The lowest BCUT2D eigenvalue weighted by Gasteiger charge is -2.18. The van der Waals surface area contributed by atoms with Gasteiger partial charge in [-0.25, -0.2) is 0 Å². The second kappa shape index (κ2) is 5.80. The molecule has 0 amide bonds. The number of carbonyl (C=O) groups is 1. The Labute approximate surface area is 124 Å². The van der Waals surface area contributed by atoms with E-state index in [0.717, 1.165) is 23.0 Å². The van der Waals surface area contributed by atoms with Crippen molar-refractivity contribution in [2.24, 2.45) is 0 Å². The number of rotatable bonds is 4. The minimum absolute atomic E-state index is 0.116. The molecular formula is C19H16O2. The molecule has 3 aromatic rings. The van der Waals surface area contributed by atoms with E-state index in [0.29, 0.717) is 5.56 Å². The zero-order valence-corrected chi connectivity index (χ0v) is 11.8. The van der Waals surface area contributed by atoms with Crippen molar-refractivity contribution in [3.63, 3.8) is 0 Å². The van der Waals surface area contributed by atoms with Crippen LogP contribution >= 0.6 is 0 Å². The number of hydrogen-bond donors (Lipinski definition) is 0. The summed E-state index contributed by atoms with van der Waals surface area (Å²) < 4.78 is 5.36. The van der Waals surface area contributed by atoms with Crippen LogP contribution in [0.5, 0.6) is 0 Å². The van der Waals surface area contributed by atoms with Crippen LogP contribution in [0.4, 0.5) is 0 Å². The molecule has 21 heavy (non-hydrogen) atoms. The van der Waals surface area contributed by atoms with Gasteiger partial charge in [-0.05, 0) is 23.6 Å². The Hall–Kier alpha value is -2.61. The van der Waals surface area contributed by atoms with E-state index in [2.05, 4.69) is 19.1 Å². The fraction of sp³-hybridized carbons (Fsp3) is 0.105. The Morgan fingerprint density at radius 1 is 0.905 bits per heavy atom. The van der Waals surface area contributed by atoms with Gasteiger partial charge in [0.25, 0.3) is 0 Å². The lowest BCUT2D eigenvalue weighted by Crippen LogP contribution is -2.03. The standard InChI is InChI=1S/C19H16O2/c1-14-12-21-13-18(14)19(16-5-3-2-4-6-16)17-9-7-15(11-20)8-10-17/h2-13,19H,1H3. The van der Waals surface area contributed by atoms with Gasteiger partial charge in [0, 0.05) is 17.0 Å². The fourth-order valence-electron chi connectivity index (χ4n) is 2.63. The minimum atomic E-state index is 0.116. The SMILES string of the molecule is Cc1cocc1C(c1ccccc1)c1ccc(C=O)cc1. The van der Waals surface area contributed by atoms with Crippen molar-refractivity contribution < 1.29 is 9.21 Å². The summed E-state index contributed by atoms with van der Waals surface area (Å²) in [5.41, 5.74) is 5.33. The molecule has 0 aliphatic heterocycles. The third-order valence-corrected chi connectivity index (χ3v) is 3.74. The fourth-order valence-corrected chi connectivity index (χ4v) is 2.63. The van der Waals surface area contributed by atoms with Crippen molar-refractivity contribution in [3.8, 4) is 0 Å². The Morgan fingerprint density at radius 2 is 1.57 bits per heavy atom. The van der Waals surface area contributed by atoms with E-state index >= 15 is 0 Å². The zero-order chi connectivity index (χ0) is 14.7. The van der Waals surface area contributed by atoms with Gasteiger partial charge >= 0.3 is 0 Å². The summed E-state index contributed by atoms with van der Waals surface area (Å²) in [4.78, 5) is 10.8. The summed E-state index contributed by atoms with van der Waals surface area (Å²) in [5.74, 6) is 0.116. The second-order valence-corrected chi connectivity index (χ2v) is 5.14. The van der Waals surface area contributed by atoms with Crippen LogP contribution < -0.4 is 0 Å². The molecule has 1 unspecified atom stereocenters. The van der Waals surface area contributed by atoms with Gasteiger partial charge in [0.2, 0.25) is 0 Å². The number of hydrogen-bond acceptors (Lipinski definition) is 2. The molecule has 0 aliphatic carbocycles. The predicted octanol–water partition coefficient (Wildman–Crippen LogP) is 4.58. The quantitative estimate of drug-likeness (QED) is 0.653. The lowest BCUT2D eigenvalue weighted by molar-refractivity contribution is 0.112. The molecule has 0 aliphatic rings. The molecule has 2 nitrogen and oxygen atoms in total. The number of aryl methyl sites for hydroxylation is 1. The van der Waals surface area contributed by atoms with Crippen LogP contribution in [0.1, 0.15) is 38.5 Å². The van der Waals surface area contributed by atoms with Crippen LogP contribution in [-0.2, 0) is 0 Å². The maximum absolute atomic E-state index is 10.8. The molecule has 1 heterocycles. The minimum Gasteiger partial charge on any atom is -0.472 e. The predicted molar refractivity (Wildman–Crippen MR) is 82.7 cm³/mol. The molecule has 0 bridgehead atoms. The molecule has 0 radical (unpaired) electrons. The van der Waals surface area contributed by atoms with E-state index in [9.17, 15) is 4.79 Å². The largest absolute Gasteiger partial charge is 0.472 e. The third kappa shape index (κ3) is 2.65. The van der Waals surface area contributed by atoms with Gasteiger partial charge in [0.1, 0.15) is 6.29 Å². The molecule has 0 saturated carbocycles. The highest BCUT2D eigenvalue weighted by atomic mass is 16.3. The van der Waals surface area contributed by atoms with E-state index in [1.165, 1.54) is 5.56 Å². The zero-order valence-electron chi connectivity index (χ0n) is 11.8. The molecule has 0 saturated heterocycles. The molecule has 104 valence electrons. The summed E-state index contributed by atoms with van der Waals surface area (Å²) in [6, 6.07) is 18.0. The Balaban J connectivity index is 2.12. The van der Waals surface area contributed by atoms with E-state index in [-0.39, 0.29) is 5.92 Å². The molecule has 3 rings (SSSR count). The molecular weight excluding hydrogens is 260 g/mol. The summed E-state index contributed by atoms with van der Waals surface area (Å²) in [5, 5.41) is 0. The van der Waals surface area contributed by atoms with Crippen LogP contribution in [0.25, 0.3) is 0 Å². The summed E-state index contributed by atoms with van der Waals surface area (Å²) in [6.45, 7) is 2.05. The number of benzene rings is 2. The van der Waals surface area contributed by atoms with Crippen LogP contribution in [-0.4, -0.2) is 6.29 Å². The van der Waals surface area contributed by atoms with Gasteiger partial charge in [-0.15, -0.1) is 0 Å². The van der Waals surface area contributed by atoms with Crippen molar-refractivity contribution in [1.82, 2.24) is 0 Å². The van der Waals surface area contributed by atoms with Crippen LogP contribution in [0.15, 0.2) is 71.5 Å². The number of furan rings is 1. The Kier molecular flexibility index (Phi) is 3.69. The van der Waals surface area contributed by atoms with Gasteiger partial charge in [0.15, 0.2) is 0 Å². The van der Waals surface area contributed by atoms with Crippen LogP contribution in [0.3, 0.4) is 0 Å². The summed E-state index contributed by atoms with van der Waals surface area (Å²) >= 11 is 0. The number of aldehydes is 1. The van der Waals surface area contributed by atoms with E-state index in [1.807, 2.05) is 42.5 Å².